The number of hydrogen-bond acceptors (Lipinski definition) is 4. The molecule has 1 saturated heterocycles. The van der Waals surface area contributed by atoms with E-state index in [1.54, 1.807) is 6.92 Å². The number of amides is 1. The maximum Gasteiger partial charge on any atom is 0.273 e. The van der Waals surface area contributed by atoms with Crippen molar-refractivity contribution in [2.24, 2.45) is 5.92 Å². The summed E-state index contributed by atoms with van der Waals surface area (Å²) in [6.07, 6.45) is 3.65. The Hall–Kier alpha value is -1.36. The fourth-order valence-electron chi connectivity index (χ4n) is 1.94. The van der Waals surface area contributed by atoms with Crippen LogP contribution in [0, 0.1) is 12.8 Å². The molecule has 0 saturated carbocycles. The van der Waals surface area contributed by atoms with Crippen LogP contribution in [0.1, 0.15) is 29.1 Å². The molecule has 88 valence electrons. The molecular weight excluding hydrogens is 206 g/mol. The third-order valence-corrected chi connectivity index (χ3v) is 2.91. The lowest BCUT2D eigenvalue weighted by atomic mass is 10.00. The van der Waals surface area contributed by atoms with Crippen LogP contribution in [0.5, 0.6) is 0 Å². The maximum atomic E-state index is 11.7. The number of aromatic nitrogens is 1. The van der Waals surface area contributed by atoms with E-state index < -0.39 is 0 Å². The van der Waals surface area contributed by atoms with E-state index in [1.165, 1.54) is 19.2 Å². The Kier molecular flexibility index (Phi) is 3.56. The summed E-state index contributed by atoms with van der Waals surface area (Å²) in [6, 6.07) is 0. The minimum absolute atomic E-state index is 0.142. The number of nitrogens with one attached hydrogen (secondary N) is 2. The van der Waals surface area contributed by atoms with Gasteiger partial charge in [0.25, 0.3) is 5.91 Å². The normalized spacial score (nSPS) is 20.7. The average molecular weight is 223 g/mol. The molecule has 0 bridgehead atoms. The lowest BCUT2D eigenvalue weighted by Crippen LogP contribution is -2.38. The molecule has 2 heterocycles. The van der Waals surface area contributed by atoms with Crippen molar-refractivity contribution >= 4 is 5.91 Å². The summed E-state index contributed by atoms with van der Waals surface area (Å²) in [5, 5.41) is 6.21. The van der Waals surface area contributed by atoms with Crippen molar-refractivity contribution in [3.8, 4) is 0 Å². The summed E-state index contributed by atoms with van der Waals surface area (Å²) >= 11 is 0. The maximum absolute atomic E-state index is 11.7. The Labute approximate surface area is 94.6 Å². The van der Waals surface area contributed by atoms with E-state index >= 15 is 0 Å². The summed E-state index contributed by atoms with van der Waals surface area (Å²) in [4.78, 5) is 15.6. The molecule has 16 heavy (non-hydrogen) atoms. The van der Waals surface area contributed by atoms with E-state index in [1.807, 2.05) is 0 Å². The van der Waals surface area contributed by atoms with Gasteiger partial charge in [0.15, 0.2) is 12.1 Å². The summed E-state index contributed by atoms with van der Waals surface area (Å²) in [7, 11) is 0. The van der Waals surface area contributed by atoms with Gasteiger partial charge in [-0.05, 0) is 38.8 Å². The molecule has 2 N–H and O–H groups in total. The molecule has 1 aromatic rings. The third-order valence-electron chi connectivity index (χ3n) is 2.91. The Bertz CT molecular complexity index is 356. The Morgan fingerprint density at radius 3 is 3.25 bits per heavy atom. The Morgan fingerprint density at radius 2 is 2.62 bits per heavy atom. The molecule has 5 heteroatoms. The zero-order chi connectivity index (χ0) is 11.4. The topological polar surface area (TPSA) is 67.2 Å². The zero-order valence-corrected chi connectivity index (χ0v) is 9.45. The number of hydrogen-bond donors (Lipinski definition) is 2. The predicted octanol–water partition coefficient (Wildman–Crippen LogP) is 0.712. The zero-order valence-electron chi connectivity index (χ0n) is 9.45. The summed E-state index contributed by atoms with van der Waals surface area (Å²) in [5.41, 5.74) is 0.392. The summed E-state index contributed by atoms with van der Waals surface area (Å²) in [6.45, 7) is 4.52. The van der Waals surface area contributed by atoms with Gasteiger partial charge in [-0.1, -0.05) is 0 Å². The minimum Gasteiger partial charge on any atom is -0.448 e. The molecule has 1 aromatic heterocycles. The molecule has 2 rings (SSSR count). The van der Waals surface area contributed by atoms with E-state index in [0.29, 0.717) is 23.9 Å². The quantitative estimate of drug-likeness (QED) is 0.792. The monoisotopic (exact) mass is 223 g/mol. The van der Waals surface area contributed by atoms with Gasteiger partial charge in [0.2, 0.25) is 0 Å². The van der Waals surface area contributed by atoms with Gasteiger partial charge in [0.05, 0.1) is 0 Å². The third kappa shape index (κ3) is 2.61. The van der Waals surface area contributed by atoms with Crippen LogP contribution >= 0.6 is 0 Å². The lowest BCUT2D eigenvalue weighted by molar-refractivity contribution is 0.0939. The van der Waals surface area contributed by atoms with Crippen LogP contribution in [0.3, 0.4) is 0 Å². The highest BCUT2D eigenvalue weighted by molar-refractivity contribution is 5.92. The molecule has 1 aliphatic rings. The fraction of sp³-hybridized carbons (Fsp3) is 0.636. The molecule has 0 radical (unpaired) electrons. The molecule has 5 nitrogen and oxygen atoms in total. The first-order valence-corrected chi connectivity index (χ1v) is 5.66. The highest BCUT2D eigenvalue weighted by Gasteiger charge is 2.17. The van der Waals surface area contributed by atoms with Crippen molar-refractivity contribution in [1.29, 1.82) is 0 Å². The van der Waals surface area contributed by atoms with E-state index in [2.05, 4.69) is 15.6 Å². The summed E-state index contributed by atoms with van der Waals surface area (Å²) < 4.78 is 4.99. The van der Waals surface area contributed by atoms with Crippen LogP contribution < -0.4 is 10.6 Å². The van der Waals surface area contributed by atoms with Crippen LogP contribution in [-0.4, -0.2) is 30.5 Å². The van der Waals surface area contributed by atoms with Gasteiger partial charge in [-0.25, -0.2) is 4.98 Å². The van der Waals surface area contributed by atoms with Crippen LogP contribution in [0.25, 0.3) is 0 Å². The van der Waals surface area contributed by atoms with Gasteiger partial charge in [-0.3, -0.25) is 4.79 Å². The van der Waals surface area contributed by atoms with Gasteiger partial charge < -0.3 is 15.1 Å². The SMILES string of the molecule is Cc1ocnc1C(=O)NCC1CCCNC1. The molecule has 1 aliphatic heterocycles. The van der Waals surface area contributed by atoms with Gasteiger partial charge >= 0.3 is 0 Å². The van der Waals surface area contributed by atoms with Crippen molar-refractivity contribution in [2.45, 2.75) is 19.8 Å². The fourth-order valence-corrected chi connectivity index (χ4v) is 1.94. The van der Waals surface area contributed by atoms with Gasteiger partial charge in [-0.2, -0.15) is 0 Å². The van der Waals surface area contributed by atoms with Crippen LogP contribution in [0.15, 0.2) is 10.8 Å². The number of oxazole rings is 1. The molecule has 1 unspecified atom stereocenters. The highest BCUT2D eigenvalue weighted by Crippen LogP contribution is 2.09. The number of piperidine rings is 1. The second kappa shape index (κ2) is 5.12. The summed E-state index contributed by atoms with van der Waals surface area (Å²) in [5.74, 6) is 0.959. The van der Waals surface area contributed by atoms with Crippen molar-refractivity contribution in [2.75, 3.05) is 19.6 Å². The van der Waals surface area contributed by atoms with E-state index in [-0.39, 0.29) is 5.91 Å². The minimum atomic E-state index is -0.142. The average Bonchev–Trinajstić information content (AvgIpc) is 2.74. The standard InChI is InChI=1S/C11H17N3O2/c1-8-10(14-7-16-8)11(15)13-6-9-3-2-4-12-5-9/h7,9,12H,2-6H2,1H3,(H,13,15). The smallest absolute Gasteiger partial charge is 0.273 e. The van der Waals surface area contributed by atoms with E-state index in [4.69, 9.17) is 4.42 Å². The molecule has 1 fully saturated rings. The lowest BCUT2D eigenvalue weighted by Gasteiger charge is -2.22. The highest BCUT2D eigenvalue weighted by atomic mass is 16.3. The van der Waals surface area contributed by atoms with Crippen LogP contribution in [0.2, 0.25) is 0 Å². The van der Waals surface area contributed by atoms with E-state index in [0.717, 1.165) is 13.1 Å². The van der Waals surface area contributed by atoms with E-state index in [9.17, 15) is 4.79 Å². The van der Waals surface area contributed by atoms with Crippen molar-refractivity contribution in [1.82, 2.24) is 15.6 Å². The van der Waals surface area contributed by atoms with Crippen molar-refractivity contribution < 1.29 is 9.21 Å². The van der Waals surface area contributed by atoms with Crippen molar-refractivity contribution in [3.05, 3.63) is 17.8 Å². The number of carbonyl (C=O) groups is 1. The number of aryl methyl sites for hydroxylation is 1. The number of nitrogens with zero attached hydrogens (tertiary/aromatic N) is 1. The van der Waals surface area contributed by atoms with Crippen LogP contribution in [0.4, 0.5) is 0 Å². The van der Waals surface area contributed by atoms with Crippen LogP contribution in [-0.2, 0) is 0 Å². The predicted molar refractivity (Wildman–Crippen MR) is 59.2 cm³/mol. The first-order chi connectivity index (χ1) is 7.77. The van der Waals surface area contributed by atoms with Gasteiger partial charge in [0.1, 0.15) is 5.76 Å². The number of carbonyl (C=O) groups excluding carboxylic acids is 1. The van der Waals surface area contributed by atoms with Crippen molar-refractivity contribution in [3.63, 3.8) is 0 Å². The van der Waals surface area contributed by atoms with Gasteiger partial charge in [-0.15, -0.1) is 0 Å². The molecule has 0 spiro atoms. The molecule has 1 atom stereocenters. The second-order valence-corrected chi connectivity index (χ2v) is 4.18. The second-order valence-electron chi connectivity index (χ2n) is 4.18. The molecule has 0 aliphatic carbocycles. The Morgan fingerprint density at radius 1 is 1.75 bits per heavy atom. The first-order valence-electron chi connectivity index (χ1n) is 5.66. The first kappa shape index (κ1) is 11.1. The largest absolute Gasteiger partial charge is 0.448 e. The number of rotatable bonds is 3. The Balaban J connectivity index is 1.81. The molecule has 1 amide bonds. The molecule has 0 aromatic carbocycles. The van der Waals surface area contributed by atoms with Gasteiger partial charge in [0, 0.05) is 6.54 Å². The molecular formula is C11H17N3O2.